The van der Waals surface area contributed by atoms with Gasteiger partial charge in [0.1, 0.15) is 0 Å². The van der Waals surface area contributed by atoms with E-state index in [0.717, 1.165) is 12.8 Å². The van der Waals surface area contributed by atoms with Gasteiger partial charge in [0.05, 0.1) is 16.3 Å². The third-order valence-electron chi connectivity index (χ3n) is 4.10. The van der Waals surface area contributed by atoms with Gasteiger partial charge < -0.3 is 0 Å². The van der Waals surface area contributed by atoms with Crippen LogP contribution in [0.25, 0.3) is 5.70 Å². The standard InChI is InChI=1S/C18H20N4O3S/c1-14(17-9-2-3-10-19-17)20-21-18(23)15-7-6-8-16(13-15)26(24,25)22-11-4-5-12-22/h2-3,6-10,13,20H,1,4-5,11-12H2,(H,21,23). The van der Waals surface area contributed by atoms with Crippen molar-refractivity contribution in [3.63, 3.8) is 0 Å². The molecule has 2 N–H and O–H groups in total. The minimum atomic E-state index is -3.56. The minimum Gasteiger partial charge on any atom is -0.297 e. The Labute approximate surface area is 152 Å². The largest absolute Gasteiger partial charge is 0.297 e. The molecule has 3 rings (SSSR count). The van der Waals surface area contributed by atoms with Gasteiger partial charge in [-0.3, -0.25) is 20.6 Å². The van der Waals surface area contributed by atoms with Crippen LogP contribution in [0.1, 0.15) is 28.9 Å². The first-order valence-corrected chi connectivity index (χ1v) is 9.69. The summed E-state index contributed by atoms with van der Waals surface area (Å²) in [6.45, 7) is 4.84. The molecule has 0 atom stereocenters. The molecule has 26 heavy (non-hydrogen) atoms. The van der Waals surface area contributed by atoms with Crippen LogP contribution in [-0.2, 0) is 10.0 Å². The Hall–Kier alpha value is -2.71. The van der Waals surface area contributed by atoms with Crippen molar-refractivity contribution in [2.24, 2.45) is 0 Å². The summed E-state index contributed by atoms with van der Waals surface area (Å²) in [5, 5.41) is 0. The Balaban J connectivity index is 1.69. The highest BCUT2D eigenvalue weighted by Crippen LogP contribution is 2.21. The van der Waals surface area contributed by atoms with Crippen LogP contribution < -0.4 is 10.9 Å². The topological polar surface area (TPSA) is 91.4 Å². The molecule has 0 spiro atoms. The Bertz CT molecular complexity index is 907. The average molecular weight is 372 g/mol. The van der Waals surface area contributed by atoms with Gasteiger partial charge in [-0.25, -0.2) is 8.42 Å². The number of hydrogen-bond donors (Lipinski definition) is 2. The van der Waals surface area contributed by atoms with Gasteiger partial charge in [-0.15, -0.1) is 0 Å². The summed E-state index contributed by atoms with van der Waals surface area (Å²) in [6.07, 6.45) is 3.34. The Morgan fingerprint density at radius 2 is 1.85 bits per heavy atom. The predicted molar refractivity (Wildman–Crippen MR) is 98.3 cm³/mol. The number of hydrogen-bond acceptors (Lipinski definition) is 5. The molecule has 8 heteroatoms. The molecular formula is C18H20N4O3S. The van der Waals surface area contributed by atoms with Crippen molar-refractivity contribution in [1.29, 1.82) is 0 Å². The second kappa shape index (κ2) is 7.67. The van der Waals surface area contributed by atoms with E-state index in [9.17, 15) is 13.2 Å². The lowest BCUT2D eigenvalue weighted by Gasteiger charge is -2.16. The summed E-state index contributed by atoms with van der Waals surface area (Å²) in [6, 6.07) is 11.4. The van der Waals surface area contributed by atoms with Crippen LogP contribution in [0, 0.1) is 0 Å². The van der Waals surface area contributed by atoms with Gasteiger partial charge in [-0.1, -0.05) is 18.7 Å². The van der Waals surface area contributed by atoms with E-state index in [-0.39, 0.29) is 10.5 Å². The van der Waals surface area contributed by atoms with Gasteiger partial charge in [0, 0.05) is 24.8 Å². The fourth-order valence-electron chi connectivity index (χ4n) is 2.69. The number of carbonyl (C=O) groups excluding carboxylic acids is 1. The Morgan fingerprint density at radius 3 is 2.54 bits per heavy atom. The van der Waals surface area contributed by atoms with Crippen LogP contribution in [0.2, 0.25) is 0 Å². The highest BCUT2D eigenvalue weighted by atomic mass is 32.2. The number of aromatic nitrogens is 1. The molecule has 1 saturated heterocycles. The number of benzene rings is 1. The molecule has 1 fully saturated rings. The van der Waals surface area contributed by atoms with Crippen LogP contribution in [0.4, 0.5) is 0 Å². The smallest absolute Gasteiger partial charge is 0.269 e. The summed E-state index contributed by atoms with van der Waals surface area (Å²) >= 11 is 0. The zero-order valence-corrected chi connectivity index (χ0v) is 15.0. The predicted octanol–water partition coefficient (Wildman–Crippen LogP) is 1.77. The monoisotopic (exact) mass is 372 g/mol. The van der Waals surface area contributed by atoms with Crippen molar-refractivity contribution in [3.8, 4) is 0 Å². The third-order valence-corrected chi connectivity index (χ3v) is 5.99. The van der Waals surface area contributed by atoms with Crippen LogP contribution in [0.5, 0.6) is 0 Å². The van der Waals surface area contributed by atoms with Gasteiger partial charge in [-0.2, -0.15) is 4.31 Å². The summed E-state index contributed by atoms with van der Waals surface area (Å²) in [5.74, 6) is -0.458. The van der Waals surface area contributed by atoms with E-state index in [0.29, 0.717) is 24.5 Å². The molecule has 1 aliphatic heterocycles. The maximum atomic E-state index is 12.6. The molecule has 2 heterocycles. The fourth-order valence-corrected chi connectivity index (χ4v) is 4.25. The molecule has 0 bridgehead atoms. The van der Waals surface area contributed by atoms with Crippen molar-refractivity contribution in [1.82, 2.24) is 20.1 Å². The molecule has 0 unspecified atom stereocenters. The first-order chi connectivity index (χ1) is 12.5. The third kappa shape index (κ3) is 3.92. The molecule has 0 saturated carbocycles. The van der Waals surface area contributed by atoms with Crippen LogP contribution in [0.15, 0.2) is 60.1 Å². The average Bonchev–Trinajstić information content (AvgIpc) is 3.22. The Kier molecular flexibility index (Phi) is 5.34. The zero-order valence-electron chi connectivity index (χ0n) is 14.2. The van der Waals surface area contributed by atoms with Gasteiger partial charge >= 0.3 is 0 Å². The van der Waals surface area contributed by atoms with E-state index in [1.54, 1.807) is 30.5 Å². The van der Waals surface area contributed by atoms with Gasteiger partial charge in [-0.05, 0) is 43.2 Å². The summed E-state index contributed by atoms with van der Waals surface area (Å²) in [7, 11) is -3.56. The highest BCUT2D eigenvalue weighted by Gasteiger charge is 2.27. The van der Waals surface area contributed by atoms with Gasteiger partial charge in [0.2, 0.25) is 10.0 Å². The first-order valence-electron chi connectivity index (χ1n) is 8.25. The number of amides is 1. The fraction of sp³-hybridized carbons (Fsp3) is 0.222. The zero-order chi connectivity index (χ0) is 18.6. The number of pyridine rings is 1. The quantitative estimate of drug-likeness (QED) is 0.754. The van der Waals surface area contributed by atoms with Crippen molar-refractivity contribution < 1.29 is 13.2 Å². The molecule has 1 amide bonds. The van der Waals surface area contributed by atoms with Crippen LogP contribution in [-0.4, -0.2) is 36.7 Å². The number of nitrogens with zero attached hydrogens (tertiary/aromatic N) is 2. The van der Waals surface area contributed by atoms with E-state index >= 15 is 0 Å². The van der Waals surface area contributed by atoms with Crippen molar-refractivity contribution in [2.45, 2.75) is 17.7 Å². The van der Waals surface area contributed by atoms with E-state index in [1.807, 2.05) is 6.07 Å². The molecule has 7 nitrogen and oxygen atoms in total. The molecule has 1 aliphatic rings. The maximum absolute atomic E-state index is 12.6. The highest BCUT2D eigenvalue weighted by molar-refractivity contribution is 7.89. The number of hydrazine groups is 1. The van der Waals surface area contributed by atoms with E-state index in [2.05, 4.69) is 22.4 Å². The lowest BCUT2D eigenvalue weighted by atomic mass is 10.2. The SMILES string of the molecule is C=C(NNC(=O)c1cccc(S(=O)(=O)N2CCCC2)c1)c1ccccn1. The molecule has 0 radical (unpaired) electrons. The summed E-state index contributed by atoms with van der Waals surface area (Å²) in [5.41, 5.74) is 6.47. The van der Waals surface area contributed by atoms with E-state index in [4.69, 9.17) is 0 Å². The van der Waals surface area contributed by atoms with Gasteiger partial charge in [0.15, 0.2) is 0 Å². The lowest BCUT2D eigenvalue weighted by Crippen LogP contribution is -2.36. The van der Waals surface area contributed by atoms with Crippen LogP contribution in [0.3, 0.4) is 0 Å². The number of nitrogens with one attached hydrogen (secondary N) is 2. The second-order valence-corrected chi connectivity index (χ2v) is 7.85. The normalized spacial score (nSPS) is 14.8. The van der Waals surface area contributed by atoms with Crippen molar-refractivity contribution in [3.05, 3.63) is 66.5 Å². The molecular weight excluding hydrogens is 352 g/mol. The molecule has 2 aromatic rings. The van der Waals surface area contributed by atoms with Crippen molar-refractivity contribution in [2.75, 3.05) is 13.1 Å². The lowest BCUT2D eigenvalue weighted by molar-refractivity contribution is 0.0942. The van der Waals surface area contributed by atoms with Crippen LogP contribution >= 0.6 is 0 Å². The first kappa shape index (κ1) is 18.1. The second-order valence-electron chi connectivity index (χ2n) is 5.91. The molecule has 136 valence electrons. The number of carbonyl (C=O) groups is 1. The number of sulfonamides is 1. The van der Waals surface area contributed by atoms with Crippen molar-refractivity contribution >= 4 is 21.6 Å². The Morgan fingerprint density at radius 1 is 1.08 bits per heavy atom. The summed E-state index contributed by atoms with van der Waals surface area (Å²) < 4.78 is 26.7. The minimum absolute atomic E-state index is 0.121. The number of rotatable bonds is 6. The molecule has 1 aromatic heterocycles. The molecule has 0 aliphatic carbocycles. The maximum Gasteiger partial charge on any atom is 0.269 e. The van der Waals surface area contributed by atoms with E-state index < -0.39 is 15.9 Å². The summed E-state index contributed by atoms with van der Waals surface area (Å²) in [4.78, 5) is 16.6. The van der Waals surface area contributed by atoms with E-state index in [1.165, 1.54) is 16.4 Å². The van der Waals surface area contributed by atoms with Gasteiger partial charge in [0.25, 0.3) is 5.91 Å². The molecule has 1 aromatic carbocycles.